The van der Waals surface area contributed by atoms with E-state index in [0.717, 1.165) is 12.1 Å². The van der Waals surface area contributed by atoms with Crippen molar-refractivity contribution in [3.05, 3.63) is 41.7 Å². The normalized spacial score (nSPS) is 13.6. The first-order valence-corrected chi connectivity index (χ1v) is 7.66. The minimum atomic E-state index is -0.679. The van der Waals surface area contributed by atoms with Gasteiger partial charge in [-0.1, -0.05) is 0 Å². The van der Waals surface area contributed by atoms with Gasteiger partial charge in [0.1, 0.15) is 11.5 Å². The number of benzene rings is 1. The number of aryl methyl sites for hydroxylation is 1. The summed E-state index contributed by atoms with van der Waals surface area (Å²) in [6.07, 6.45) is 3.16. The van der Waals surface area contributed by atoms with Crippen LogP contribution in [-0.4, -0.2) is 41.7 Å². The largest absolute Gasteiger partial charge is 0.497 e. The van der Waals surface area contributed by atoms with Gasteiger partial charge in [-0.15, -0.1) is 0 Å². The average Bonchev–Trinajstić information content (AvgIpc) is 2.96. The van der Waals surface area contributed by atoms with Crippen molar-refractivity contribution in [1.82, 2.24) is 15.1 Å². The van der Waals surface area contributed by atoms with Crippen LogP contribution in [0.2, 0.25) is 0 Å². The van der Waals surface area contributed by atoms with Crippen molar-refractivity contribution in [1.29, 1.82) is 0 Å². The second-order valence-electron chi connectivity index (χ2n) is 5.67. The van der Waals surface area contributed by atoms with Crippen molar-refractivity contribution in [2.75, 3.05) is 20.8 Å². The molecule has 23 heavy (non-hydrogen) atoms. The number of nitrogens with zero attached hydrogens (tertiary/aromatic N) is 2. The smallest absolute Gasteiger partial charge is 0.124 e. The van der Waals surface area contributed by atoms with Gasteiger partial charge >= 0.3 is 0 Å². The van der Waals surface area contributed by atoms with E-state index in [0.29, 0.717) is 23.6 Å². The summed E-state index contributed by atoms with van der Waals surface area (Å²) in [6, 6.07) is 5.59. The highest BCUT2D eigenvalue weighted by molar-refractivity contribution is 5.41. The molecule has 0 aliphatic rings. The zero-order valence-corrected chi connectivity index (χ0v) is 14.1. The standard InChI is InChI=1S/C17H25N3O3/c1-12-8-19-20(10-12)11-13(2)18-9-16(21)15-7-14(22-3)5-6-17(15)23-4/h5-8,10,13,16,18,21H,9,11H2,1-4H3/t13-,16+/m1/s1. The maximum Gasteiger partial charge on any atom is 0.124 e. The molecular formula is C17H25N3O3. The molecule has 2 rings (SSSR count). The molecule has 0 unspecified atom stereocenters. The molecule has 0 saturated heterocycles. The average molecular weight is 319 g/mol. The van der Waals surface area contributed by atoms with Crippen LogP contribution in [0, 0.1) is 6.92 Å². The highest BCUT2D eigenvalue weighted by Crippen LogP contribution is 2.29. The van der Waals surface area contributed by atoms with Gasteiger partial charge in [-0.05, 0) is 37.6 Å². The summed E-state index contributed by atoms with van der Waals surface area (Å²) in [5.74, 6) is 1.34. The van der Waals surface area contributed by atoms with Crippen LogP contribution in [0.3, 0.4) is 0 Å². The Morgan fingerprint density at radius 3 is 2.70 bits per heavy atom. The maximum atomic E-state index is 10.5. The summed E-state index contributed by atoms with van der Waals surface area (Å²) in [5, 5.41) is 18.0. The summed E-state index contributed by atoms with van der Waals surface area (Å²) in [4.78, 5) is 0. The molecule has 2 N–H and O–H groups in total. The van der Waals surface area contributed by atoms with Gasteiger partial charge in [-0.25, -0.2) is 0 Å². The lowest BCUT2D eigenvalue weighted by atomic mass is 10.1. The summed E-state index contributed by atoms with van der Waals surface area (Å²) < 4.78 is 12.4. The third kappa shape index (κ3) is 4.71. The second-order valence-corrected chi connectivity index (χ2v) is 5.67. The summed E-state index contributed by atoms with van der Waals surface area (Å²) >= 11 is 0. The van der Waals surface area contributed by atoms with Crippen LogP contribution in [0.5, 0.6) is 11.5 Å². The molecule has 1 aromatic heterocycles. The number of aromatic nitrogens is 2. The van der Waals surface area contributed by atoms with Gasteiger partial charge < -0.3 is 19.9 Å². The molecule has 0 aliphatic carbocycles. The predicted octanol–water partition coefficient (Wildman–Crippen LogP) is 1.92. The quantitative estimate of drug-likeness (QED) is 0.778. The Bertz CT molecular complexity index is 627. The first-order chi connectivity index (χ1) is 11.0. The summed E-state index contributed by atoms with van der Waals surface area (Å²) in [7, 11) is 3.19. The van der Waals surface area contributed by atoms with Crippen LogP contribution in [0.15, 0.2) is 30.6 Å². The fourth-order valence-electron chi connectivity index (χ4n) is 2.43. The monoisotopic (exact) mass is 319 g/mol. The number of aliphatic hydroxyl groups is 1. The van der Waals surface area contributed by atoms with Crippen molar-refractivity contribution in [3.63, 3.8) is 0 Å². The molecule has 2 aromatic rings. The van der Waals surface area contributed by atoms with E-state index in [1.165, 1.54) is 0 Å². The fraction of sp³-hybridized carbons (Fsp3) is 0.471. The fourth-order valence-corrected chi connectivity index (χ4v) is 2.43. The lowest BCUT2D eigenvalue weighted by molar-refractivity contribution is 0.164. The van der Waals surface area contributed by atoms with Crippen LogP contribution in [0.4, 0.5) is 0 Å². The lowest BCUT2D eigenvalue weighted by Gasteiger charge is -2.19. The van der Waals surface area contributed by atoms with Gasteiger partial charge in [0.25, 0.3) is 0 Å². The molecule has 0 spiro atoms. The molecule has 0 fully saturated rings. The molecule has 1 aromatic carbocycles. The van der Waals surface area contributed by atoms with E-state index in [9.17, 15) is 5.11 Å². The van der Waals surface area contributed by atoms with Gasteiger partial charge in [-0.2, -0.15) is 5.10 Å². The molecule has 6 nitrogen and oxygen atoms in total. The third-order valence-electron chi connectivity index (χ3n) is 3.68. The Kier molecular flexibility index (Phi) is 6.01. The number of nitrogens with one attached hydrogen (secondary N) is 1. The van der Waals surface area contributed by atoms with Crippen molar-refractivity contribution < 1.29 is 14.6 Å². The number of hydrogen-bond acceptors (Lipinski definition) is 5. The Balaban J connectivity index is 1.94. The third-order valence-corrected chi connectivity index (χ3v) is 3.68. The maximum absolute atomic E-state index is 10.5. The van der Waals surface area contributed by atoms with Crippen molar-refractivity contribution in [2.24, 2.45) is 0 Å². The Hall–Kier alpha value is -2.05. The van der Waals surface area contributed by atoms with Crippen LogP contribution in [0.25, 0.3) is 0 Å². The molecule has 0 bridgehead atoms. The first-order valence-electron chi connectivity index (χ1n) is 7.66. The zero-order valence-electron chi connectivity index (χ0n) is 14.1. The Labute approximate surface area is 137 Å². The number of methoxy groups -OCH3 is 2. The van der Waals surface area contributed by atoms with Crippen molar-refractivity contribution in [3.8, 4) is 11.5 Å². The zero-order chi connectivity index (χ0) is 16.8. The van der Waals surface area contributed by atoms with Gasteiger partial charge in [-0.3, -0.25) is 4.68 Å². The molecule has 2 atom stereocenters. The number of hydrogen-bond donors (Lipinski definition) is 2. The lowest BCUT2D eigenvalue weighted by Crippen LogP contribution is -2.34. The second kappa shape index (κ2) is 7.99. The molecule has 0 radical (unpaired) electrons. The van der Waals surface area contributed by atoms with Crippen LogP contribution < -0.4 is 14.8 Å². The van der Waals surface area contributed by atoms with E-state index >= 15 is 0 Å². The number of ether oxygens (including phenoxy) is 2. The van der Waals surface area contributed by atoms with E-state index in [4.69, 9.17) is 9.47 Å². The van der Waals surface area contributed by atoms with Crippen LogP contribution in [0.1, 0.15) is 24.2 Å². The van der Waals surface area contributed by atoms with Gasteiger partial charge in [0.15, 0.2) is 0 Å². The summed E-state index contributed by atoms with van der Waals surface area (Å²) in [6.45, 7) is 5.24. The van der Waals surface area contributed by atoms with E-state index in [-0.39, 0.29) is 6.04 Å². The van der Waals surface area contributed by atoms with Gasteiger partial charge in [0.05, 0.1) is 33.1 Å². The highest BCUT2D eigenvalue weighted by Gasteiger charge is 2.15. The molecule has 6 heteroatoms. The van der Waals surface area contributed by atoms with E-state index < -0.39 is 6.10 Å². The van der Waals surface area contributed by atoms with Gasteiger partial charge in [0, 0.05) is 24.3 Å². The molecule has 0 aliphatic heterocycles. The molecule has 126 valence electrons. The molecular weight excluding hydrogens is 294 g/mol. The predicted molar refractivity (Wildman–Crippen MR) is 88.9 cm³/mol. The van der Waals surface area contributed by atoms with E-state index in [2.05, 4.69) is 17.3 Å². The number of aliphatic hydroxyl groups excluding tert-OH is 1. The highest BCUT2D eigenvalue weighted by atomic mass is 16.5. The van der Waals surface area contributed by atoms with Crippen molar-refractivity contribution >= 4 is 0 Å². The molecule has 0 amide bonds. The van der Waals surface area contributed by atoms with Crippen LogP contribution in [-0.2, 0) is 6.54 Å². The Morgan fingerprint density at radius 1 is 1.30 bits per heavy atom. The minimum Gasteiger partial charge on any atom is -0.497 e. The first kappa shape index (κ1) is 17.3. The van der Waals surface area contributed by atoms with E-state index in [1.807, 2.05) is 30.1 Å². The van der Waals surface area contributed by atoms with Crippen molar-refractivity contribution in [2.45, 2.75) is 32.5 Å². The molecule has 1 heterocycles. The SMILES string of the molecule is COc1ccc(OC)c([C@@H](O)CN[C@H](C)Cn2cc(C)cn2)c1. The summed E-state index contributed by atoms with van der Waals surface area (Å²) in [5.41, 5.74) is 1.85. The molecule has 0 saturated carbocycles. The number of rotatable bonds is 8. The topological polar surface area (TPSA) is 68.5 Å². The van der Waals surface area contributed by atoms with Gasteiger partial charge in [0.2, 0.25) is 0 Å². The minimum absolute atomic E-state index is 0.181. The Morgan fingerprint density at radius 2 is 2.09 bits per heavy atom. The van der Waals surface area contributed by atoms with E-state index in [1.54, 1.807) is 26.4 Å². The van der Waals surface area contributed by atoms with Crippen LogP contribution >= 0.6 is 0 Å².